The van der Waals surface area contributed by atoms with Gasteiger partial charge in [0.2, 0.25) is 0 Å². The van der Waals surface area contributed by atoms with Crippen molar-refractivity contribution >= 4 is 29.9 Å². The first kappa shape index (κ1) is 17.0. The van der Waals surface area contributed by atoms with Crippen molar-refractivity contribution in [2.24, 2.45) is 22.1 Å². The van der Waals surface area contributed by atoms with Crippen LogP contribution >= 0.6 is 24.0 Å². The van der Waals surface area contributed by atoms with Crippen LogP contribution in [-0.4, -0.2) is 43.7 Å². The van der Waals surface area contributed by atoms with Crippen LogP contribution in [0.2, 0.25) is 0 Å². The van der Waals surface area contributed by atoms with E-state index in [9.17, 15) is 0 Å². The lowest BCUT2D eigenvalue weighted by molar-refractivity contribution is 0.0672. The molecule has 0 unspecified atom stereocenters. The fourth-order valence-electron chi connectivity index (χ4n) is 3.01. The van der Waals surface area contributed by atoms with Gasteiger partial charge in [0, 0.05) is 19.6 Å². The smallest absolute Gasteiger partial charge is 0.191 e. The Morgan fingerprint density at radius 3 is 2.42 bits per heavy atom. The molecule has 1 aliphatic carbocycles. The molecular formula is C14H28IN3O. The van der Waals surface area contributed by atoms with Crippen molar-refractivity contribution in [3.63, 3.8) is 0 Å². The topological polar surface area (TPSA) is 50.8 Å². The predicted molar refractivity (Wildman–Crippen MR) is 90.0 cm³/mol. The molecule has 0 aromatic rings. The van der Waals surface area contributed by atoms with Crippen molar-refractivity contribution in [2.45, 2.75) is 39.5 Å². The third-order valence-corrected chi connectivity index (χ3v) is 4.44. The Hall–Kier alpha value is -0.0400. The highest BCUT2D eigenvalue weighted by Crippen LogP contribution is 2.39. The Bertz CT molecular complexity index is 295. The van der Waals surface area contributed by atoms with E-state index in [-0.39, 0.29) is 29.4 Å². The minimum atomic E-state index is 0. The normalized spacial score (nSPS) is 22.4. The maximum atomic E-state index is 6.07. The van der Waals surface area contributed by atoms with Gasteiger partial charge < -0.3 is 15.4 Å². The van der Waals surface area contributed by atoms with Crippen LogP contribution in [0, 0.1) is 11.3 Å². The van der Waals surface area contributed by atoms with E-state index in [2.05, 4.69) is 23.7 Å². The van der Waals surface area contributed by atoms with E-state index >= 15 is 0 Å². The first-order valence-corrected chi connectivity index (χ1v) is 7.22. The van der Waals surface area contributed by atoms with Gasteiger partial charge in [-0.05, 0) is 24.2 Å². The average Bonchev–Trinajstić information content (AvgIpc) is 2.92. The zero-order valence-electron chi connectivity index (χ0n) is 12.2. The Morgan fingerprint density at radius 2 is 1.84 bits per heavy atom. The Morgan fingerprint density at radius 1 is 1.26 bits per heavy atom. The molecule has 2 N–H and O–H groups in total. The quantitative estimate of drug-likeness (QED) is 0.464. The number of hydrogen-bond donors (Lipinski definition) is 1. The molecule has 2 aliphatic rings. The lowest BCUT2D eigenvalue weighted by atomic mass is 9.78. The van der Waals surface area contributed by atoms with Crippen molar-refractivity contribution in [3.8, 4) is 0 Å². The molecule has 5 heteroatoms. The average molecular weight is 381 g/mol. The number of nitrogens with two attached hydrogens (primary N) is 1. The molecule has 0 bridgehead atoms. The van der Waals surface area contributed by atoms with Crippen LogP contribution in [0.4, 0.5) is 0 Å². The number of guanidine groups is 1. The van der Waals surface area contributed by atoms with Crippen LogP contribution in [0.1, 0.15) is 39.5 Å². The van der Waals surface area contributed by atoms with E-state index in [1.54, 1.807) is 0 Å². The molecule has 1 aliphatic heterocycles. The van der Waals surface area contributed by atoms with E-state index in [1.807, 2.05) is 0 Å². The molecular weight excluding hydrogens is 353 g/mol. The van der Waals surface area contributed by atoms with Crippen LogP contribution in [-0.2, 0) is 4.74 Å². The maximum Gasteiger partial charge on any atom is 0.191 e. The molecule has 0 spiro atoms. The minimum absolute atomic E-state index is 0. The second-order valence-electron chi connectivity index (χ2n) is 6.24. The number of ether oxygens (including phenoxy) is 1. The third-order valence-electron chi connectivity index (χ3n) is 4.44. The molecule has 0 radical (unpaired) electrons. The molecule has 2 fully saturated rings. The summed E-state index contributed by atoms with van der Waals surface area (Å²) in [4.78, 5) is 6.76. The Balaban J connectivity index is 0.00000180. The first-order chi connectivity index (χ1) is 8.59. The summed E-state index contributed by atoms with van der Waals surface area (Å²) in [6.45, 7) is 8.79. The summed E-state index contributed by atoms with van der Waals surface area (Å²) in [5.41, 5.74) is 6.36. The lowest BCUT2D eigenvalue weighted by Gasteiger charge is -2.32. The largest absolute Gasteiger partial charge is 0.378 e. The summed E-state index contributed by atoms with van der Waals surface area (Å²) in [7, 11) is 0. The summed E-state index contributed by atoms with van der Waals surface area (Å²) in [6.07, 6.45) is 5.49. The van der Waals surface area contributed by atoms with E-state index in [4.69, 9.17) is 10.5 Å². The molecule has 112 valence electrons. The number of halogens is 1. The SMILES string of the molecule is CC(C)(CN=C(N)N1CCOCC1)C1CCCC1.I. The van der Waals surface area contributed by atoms with Gasteiger partial charge in [0.15, 0.2) is 5.96 Å². The second kappa shape index (κ2) is 7.67. The summed E-state index contributed by atoms with van der Waals surface area (Å²) in [5, 5.41) is 0. The molecule has 0 aromatic heterocycles. The molecule has 0 aromatic carbocycles. The van der Waals surface area contributed by atoms with Crippen LogP contribution < -0.4 is 5.73 Å². The molecule has 1 saturated heterocycles. The molecule has 1 heterocycles. The third kappa shape index (κ3) is 4.77. The van der Waals surface area contributed by atoms with Crippen LogP contribution in [0.5, 0.6) is 0 Å². The van der Waals surface area contributed by atoms with Gasteiger partial charge in [0.25, 0.3) is 0 Å². The number of rotatable bonds is 3. The highest BCUT2D eigenvalue weighted by Gasteiger charge is 2.31. The molecule has 0 amide bonds. The zero-order chi connectivity index (χ0) is 13.0. The zero-order valence-corrected chi connectivity index (χ0v) is 14.6. The summed E-state index contributed by atoms with van der Waals surface area (Å²) in [5.74, 6) is 1.52. The first-order valence-electron chi connectivity index (χ1n) is 7.22. The van der Waals surface area contributed by atoms with E-state index in [0.717, 1.165) is 38.8 Å². The second-order valence-corrected chi connectivity index (χ2v) is 6.24. The fraction of sp³-hybridized carbons (Fsp3) is 0.929. The molecule has 4 nitrogen and oxygen atoms in total. The van der Waals surface area contributed by atoms with Crippen LogP contribution in [0.3, 0.4) is 0 Å². The van der Waals surface area contributed by atoms with Gasteiger partial charge in [0.1, 0.15) is 0 Å². The number of aliphatic imine (C=N–C) groups is 1. The standard InChI is InChI=1S/C14H27N3O.HI/c1-14(2,12-5-3-4-6-12)11-16-13(15)17-7-9-18-10-8-17;/h12H,3-11H2,1-2H3,(H2,15,16);1H. The van der Waals surface area contributed by atoms with Crippen molar-refractivity contribution in [1.29, 1.82) is 0 Å². The van der Waals surface area contributed by atoms with Crippen molar-refractivity contribution in [2.75, 3.05) is 32.8 Å². The van der Waals surface area contributed by atoms with Crippen molar-refractivity contribution in [3.05, 3.63) is 0 Å². The van der Waals surface area contributed by atoms with Gasteiger partial charge in [-0.2, -0.15) is 0 Å². The van der Waals surface area contributed by atoms with Crippen LogP contribution in [0.25, 0.3) is 0 Å². The summed E-state index contributed by atoms with van der Waals surface area (Å²) >= 11 is 0. The molecule has 1 saturated carbocycles. The van der Waals surface area contributed by atoms with E-state index in [0.29, 0.717) is 5.96 Å². The van der Waals surface area contributed by atoms with E-state index < -0.39 is 0 Å². The number of hydrogen-bond acceptors (Lipinski definition) is 2. The Labute approximate surface area is 134 Å². The number of nitrogens with zero attached hydrogens (tertiary/aromatic N) is 2. The number of morpholine rings is 1. The molecule has 2 rings (SSSR count). The van der Waals surface area contributed by atoms with Gasteiger partial charge in [-0.25, -0.2) is 0 Å². The van der Waals surface area contributed by atoms with Crippen molar-refractivity contribution in [1.82, 2.24) is 4.90 Å². The summed E-state index contributed by atoms with van der Waals surface area (Å²) < 4.78 is 5.32. The minimum Gasteiger partial charge on any atom is -0.378 e. The maximum absolute atomic E-state index is 6.07. The van der Waals surface area contributed by atoms with Gasteiger partial charge >= 0.3 is 0 Å². The van der Waals surface area contributed by atoms with Gasteiger partial charge in [-0.3, -0.25) is 4.99 Å². The van der Waals surface area contributed by atoms with Gasteiger partial charge in [-0.15, -0.1) is 24.0 Å². The van der Waals surface area contributed by atoms with Crippen molar-refractivity contribution < 1.29 is 4.74 Å². The predicted octanol–water partition coefficient (Wildman–Crippen LogP) is 2.47. The highest BCUT2D eigenvalue weighted by atomic mass is 127. The van der Waals surface area contributed by atoms with Gasteiger partial charge in [0.05, 0.1) is 13.2 Å². The van der Waals surface area contributed by atoms with E-state index in [1.165, 1.54) is 25.7 Å². The molecule has 19 heavy (non-hydrogen) atoms. The van der Waals surface area contributed by atoms with Crippen LogP contribution in [0.15, 0.2) is 4.99 Å². The lowest BCUT2D eigenvalue weighted by Crippen LogP contribution is -2.45. The Kier molecular flexibility index (Phi) is 6.86. The summed E-state index contributed by atoms with van der Waals surface area (Å²) in [6, 6.07) is 0. The highest BCUT2D eigenvalue weighted by molar-refractivity contribution is 14.0. The fourth-order valence-corrected chi connectivity index (χ4v) is 3.01. The molecule has 0 atom stereocenters. The van der Waals surface area contributed by atoms with Gasteiger partial charge in [-0.1, -0.05) is 26.7 Å². The monoisotopic (exact) mass is 381 g/mol.